The van der Waals surface area contributed by atoms with Crippen molar-refractivity contribution in [2.45, 2.75) is 37.5 Å². The van der Waals surface area contributed by atoms with Crippen LogP contribution >= 0.6 is 0 Å². The van der Waals surface area contributed by atoms with Gasteiger partial charge in [-0.15, -0.1) is 0 Å². The van der Waals surface area contributed by atoms with Crippen molar-refractivity contribution in [3.63, 3.8) is 0 Å². The zero-order chi connectivity index (χ0) is 14.6. The number of aliphatic hydroxyl groups is 1. The van der Waals surface area contributed by atoms with E-state index in [1.807, 2.05) is 6.92 Å². The molecular weight excluding hydrogens is 274 g/mol. The average Bonchev–Trinajstić information content (AvgIpc) is 2.38. The van der Waals surface area contributed by atoms with Crippen LogP contribution in [0.5, 0.6) is 0 Å². The Labute approximate surface area is 121 Å². The third-order valence-electron chi connectivity index (χ3n) is 4.00. The first kappa shape index (κ1) is 15.5. The minimum atomic E-state index is -3.38. The predicted octanol–water partition coefficient (Wildman–Crippen LogP) is 2.03. The van der Waals surface area contributed by atoms with Gasteiger partial charge in [-0.3, -0.25) is 0 Å². The number of benzene rings is 1. The predicted molar refractivity (Wildman–Crippen MR) is 79.0 cm³/mol. The summed E-state index contributed by atoms with van der Waals surface area (Å²) in [5, 5.41) is 8.88. The molecule has 1 saturated carbocycles. The van der Waals surface area contributed by atoms with Gasteiger partial charge in [0.2, 0.25) is 10.0 Å². The first-order chi connectivity index (χ1) is 9.57. The molecule has 0 radical (unpaired) electrons. The molecule has 1 aliphatic carbocycles. The summed E-state index contributed by atoms with van der Waals surface area (Å²) in [5.74, 6) is 0.526. The quantitative estimate of drug-likeness (QED) is 0.838. The SMILES string of the molecule is CCN(CC1CCC1)S(=O)(=O)c1ccc(CCO)cc1. The van der Waals surface area contributed by atoms with E-state index in [-0.39, 0.29) is 6.61 Å². The molecule has 0 unspecified atom stereocenters. The minimum absolute atomic E-state index is 0.0782. The standard InChI is InChI=1S/C15H23NO3S/c1-2-16(12-14-4-3-5-14)20(18,19)15-8-6-13(7-9-15)10-11-17/h6-9,14,17H,2-5,10-12H2,1H3. The lowest BCUT2D eigenvalue weighted by molar-refractivity contribution is 0.250. The highest BCUT2D eigenvalue weighted by molar-refractivity contribution is 7.89. The zero-order valence-electron chi connectivity index (χ0n) is 12.0. The molecular formula is C15H23NO3S. The van der Waals surface area contributed by atoms with Gasteiger partial charge in [-0.1, -0.05) is 25.5 Å². The number of rotatable bonds is 7. The van der Waals surface area contributed by atoms with Crippen LogP contribution in [0.3, 0.4) is 0 Å². The van der Waals surface area contributed by atoms with Gasteiger partial charge in [-0.25, -0.2) is 8.42 Å². The fraction of sp³-hybridized carbons (Fsp3) is 0.600. The second-order valence-electron chi connectivity index (χ2n) is 5.37. The molecule has 0 spiro atoms. The molecule has 0 bridgehead atoms. The number of aliphatic hydroxyl groups excluding tert-OH is 1. The summed E-state index contributed by atoms with van der Waals surface area (Å²) in [6, 6.07) is 6.84. The second-order valence-corrected chi connectivity index (χ2v) is 7.31. The lowest BCUT2D eigenvalue weighted by atomic mass is 9.85. The summed E-state index contributed by atoms with van der Waals surface area (Å²) in [5.41, 5.74) is 0.952. The Hall–Kier alpha value is -0.910. The summed E-state index contributed by atoms with van der Waals surface area (Å²) < 4.78 is 26.8. The van der Waals surface area contributed by atoms with Crippen LogP contribution in [-0.4, -0.2) is 37.5 Å². The molecule has 0 aromatic heterocycles. The highest BCUT2D eigenvalue weighted by atomic mass is 32.2. The van der Waals surface area contributed by atoms with Crippen LogP contribution < -0.4 is 0 Å². The number of nitrogens with zero attached hydrogens (tertiary/aromatic N) is 1. The number of hydrogen-bond acceptors (Lipinski definition) is 3. The maximum Gasteiger partial charge on any atom is 0.243 e. The van der Waals surface area contributed by atoms with E-state index in [1.54, 1.807) is 28.6 Å². The molecule has 5 heteroatoms. The Morgan fingerprint density at radius 3 is 2.35 bits per heavy atom. The number of sulfonamides is 1. The van der Waals surface area contributed by atoms with Crippen molar-refractivity contribution >= 4 is 10.0 Å². The van der Waals surface area contributed by atoms with Gasteiger partial charge in [0.1, 0.15) is 0 Å². The first-order valence-corrected chi connectivity index (χ1v) is 8.72. The van der Waals surface area contributed by atoms with E-state index in [4.69, 9.17) is 5.11 Å². The van der Waals surface area contributed by atoms with E-state index in [0.29, 0.717) is 30.3 Å². The molecule has 1 aliphatic rings. The molecule has 1 aromatic rings. The van der Waals surface area contributed by atoms with Gasteiger partial charge in [-0.2, -0.15) is 4.31 Å². The smallest absolute Gasteiger partial charge is 0.243 e. The highest BCUT2D eigenvalue weighted by Gasteiger charge is 2.28. The van der Waals surface area contributed by atoms with Gasteiger partial charge in [0.05, 0.1) is 4.90 Å². The fourth-order valence-corrected chi connectivity index (χ4v) is 3.99. The Balaban J connectivity index is 2.14. The molecule has 1 aromatic carbocycles. The van der Waals surface area contributed by atoms with E-state index >= 15 is 0 Å². The Bertz CT molecular complexity index is 521. The van der Waals surface area contributed by atoms with Gasteiger partial charge in [0.25, 0.3) is 0 Å². The van der Waals surface area contributed by atoms with E-state index < -0.39 is 10.0 Å². The molecule has 112 valence electrons. The summed E-state index contributed by atoms with van der Waals surface area (Å²) in [6.45, 7) is 3.11. The third-order valence-corrected chi connectivity index (χ3v) is 5.96. The van der Waals surface area contributed by atoms with Gasteiger partial charge in [-0.05, 0) is 42.9 Å². The summed E-state index contributed by atoms with van der Waals surface area (Å²) in [4.78, 5) is 0.348. The Morgan fingerprint density at radius 1 is 1.25 bits per heavy atom. The van der Waals surface area contributed by atoms with Crippen molar-refractivity contribution < 1.29 is 13.5 Å². The molecule has 20 heavy (non-hydrogen) atoms. The van der Waals surface area contributed by atoms with Gasteiger partial charge in [0.15, 0.2) is 0 Å². The molecule has 0 amide bonds. The largest absolute Gasteiger partial charge is 0.396 e. The van der Waals surface area contributed by atoms with Crippen molar-refractivity contribution in [3.8, 4) is 0 Å². The molecule has 1 fully saturated rings. The van der Waals surface area contributed by atoms with Crippen LogP contribution in [0.15, 0.2) is 29.2 Å². The molecule has 0 atom stereocenters. The lowest BCUT2D eigenvalue weighted by Gasteiger charge is -2.31. The molecule has 2 rings (SSSR count). The second kappa shape index (κ2) is 6.70. The Morgan fingerprint density at radius 2 is 1.90 bits per heavy atom. The maximum atomic E-state index is 12.6. The van der Waals surface area contributed by atoms with Gasteiger partial charge in [0, 0.05) is 19.7 Å². The zero-order valence-corrected chi connectivity index (χ0v) is 12.8. The van der Waals surface area contributed by atoms with Gasteiger partial charge < -0.3 is 5.11 Å². The van der Waals surface area contributed by atoms with Crippen LogP contribution in [0.2, 0.25) is 0 Å². The van der Waals surface area contributed by atoms with E-state index in [9.17, 15) is 8.42 Å². The molecule has 0 saturated heterocycles. The minimum Gasteiger partial charge on any atom is -0.396 e. The maximum absolute atomic E-state index is 12.6. The number of hydrogen-bond donors (Lipinski definition) is 1. The van der Waals surface area contributed by atoms with E-state index in [0.717, 1.165) is 18.4 Å². The average molecular weight is 297 g/mol. The van der Waals surface area contributed by atoms with E-state index in [2.05, 4.69) is 0 Å². The van der Waals surface area contributed by atoms with Crippen molar-refractivity contribution in [3.05, 3.63) is 29.8 Å². The van der Waals surface area contributed by atoms with Crippen LogP contribution in [0.4, 0.5) is 0 Å². The van der Waals surface area contributed by atoms with Crippen LogP contribution in [0, 0.1) is 5.92 Å². The lowest BCUT2D eigenvalue weighted by Crippen LogP contribution is -2.37. The normalized spacial score (nSPS) is 16.4. The van der Waals surface area contributed by atoms with Gasteiger partial charge >= 0.3 is 0 Å². The van der Waals surface area contributed by atoms with Crippen LogP contribution in [-0.2, 0) is 16.4 Å². The molecule has 0 aliphatic heterocycles. The third kappa shape index (κ3) is 3.40. The van der Waals surface area contributed by atoms with Crippen molar-refractivity contribution in [1.29, 1.82) is 0 Å². The monoisotopic (exact) mass is 297 g/mol. The summed E-state index contributed by atoms with van der Waals surface area (Å²) in [6.07, 6.45) is 4.06. The molecule has 4 nitrogen and oxygen atoms in total. The van der Waals surface area contributed by atoms with Crippen molar-refractivity contribution in [2.24, 2.45) is 5.92 Å². The highest BCUT2D eigenvalue weighted by Crippen LogP contribution is 2.29. The Kier molecular flexibility index (Phi) is 5.18. The molecule has 0 heterocycles. The summed E-state index contributed by atoms with van der Waals surface area (Å²) in [7, 11) is -3.38. The first-order valence-electron chi connectivity index (χ1n) is 7.28. The van der Waals surface area contributed by atoms with Crippen molar-refractivity contribution in [2.75, 3.05) is 19.7 Å². The van der Waals surface area contributed by atoms with Crippen LogP contribution in [0.1, 0.15) is 31.7 Å². The van der Waals surface area contributed by atoms with E-state index in [1.165, 1.54) is 6.42 Å². The molecule has 1 N–H and O–H groups in total. The van der Waals surface area contributed by atoms with Crippen molar-refractivity contribution in [1.82, 2.24) is 4.31 Å². The fourth-order valence-electron chi connectivity index (χ4n) is 2.47. The van der Waals surface area contributed by atoms with Crippen LogP contribution in [0.25, 0.3) is 0 Å². The summed E-state index contributed by atoms with van der Waals surface area (Å²) >= 11 is 0. The topological polar surface area (TPSA) is 57.6 Å².